The lowest BCUT2D eigenvalue weighted by molar-refractivity contribution is 0.0936. The van der Waals surface area contributed by atoms with E-state index in [0.29, 0.717) is 12.0 Å². The first-order valence-electron chi connectivity index (χ1n) is 7.54. The summed E-state index contributed by atoms with van der Waals surface area (Å²) < 4.78 is 0. The lowest BCUT2D eigenvalue weighted by atomic mass is 10.0. The number of carbonyl (C=O) groups excluding carboxylic acids is 1. The number of aromatic nitrogens is 1. The maximum absolute atomic E-state index is 12.2. The van der Waals surface area contributed by atoms with Gasteiger partial charge in [0.1, 0.15) is 0 Å². The molecule has 1 amide bonds. The summed E-state index contributed by atoms with van der Waals surface area (Å²) in [5.41, 5.74) is 3.72. The molecule has 0 bridgehead atoms. The Morgan fingerprint density at radius 1 is 1.23 bits per heavy atom. The second kappa shape index (κ2) is 7.71. The van der Waals surface area contributed by atoms with E-state index in [-0.39, 0.29) is 18.6 Å². The predicted octanol–water partition coefficient (Wildman–Crippen LogP) is 2.95. The Balaban J connectivity index is 2.10. The molecular weight excluding hydrogens is 276 g/mol. The van der Waals surface area contributed by atoms with Gasteiger partial charge in [-0.15, -0.1) is 0 Å². The Kier molecular flexibility index (Phi) is 5.67. The van der Waals surface area contributed by atoms with Crippen LogP contribution in [0.25, 0.3) is 11.1 Å². The SMILES string of the molecule is Cc1ccc(-c2cncc(C(=O)NC(C)CCCO)c2)cc1. The van der Waals surface area contributed by atoms with Crippen molar-refractivity contribution in [3.05, 3.63) is 53.9 Å². The number of nitrogens with zero attached hydrogens (tertiary/aromatic N) is 1. The molecule has 0 aliphatic rings. The van der Waals surface area contributed by atoms with Crippen LogP contribution in [0.4, 0.5) is 0 Å². The highest BCUT2D eigenvalue weighted by Gasteiger charge is 2.11. The first kappa shape index (κ1) is 16.2. The number of pyridine rings is 1. The van der Waals surface area contributed by atoms with Gasteiger partial charge < -0.3 is 10.4 Å². The van der Waals surface area contributed by atoms with Crippen LogP contribution in [0.2, 0.25) is 0 Å². The van der Waals surface area contributed by atoms with E-state index in [1.807, 2.05) is 44.2 Å². The number of hydrogen-bond donors (Lipinski definition) is 2. The number of amides is 1. The Hall–Kier alpha value is -2.20. The maximum atomic E-state index is 12.2. The molecule has 1 unspecified atom stereocenters. The fourth-order valence-corrected chi connectivity index (χ4v) is 2.24. The molecule has 1 aromatic heterocycles. The molecule has 0 fully saturated rings. The van der Waals surface area contributed by atoms with Crippen LogP contribution in [0.1, 0.15) is 35.7 Å². The molecule has 4 nitrogen and oxygen atoms in total. The maximum Gasteiger partial charge on any atom is 0.253 e. The predicted molar refractivity (Wildman–Crippen MR) is 87.7 cm³/mol. The van der Waals surface area contributed by atoms with E-state index in [1.54, 1.807) is 12.4 Å². The van der Waals surface area contributed by atoms with Gasteiger partial charge in [-0.05, 0) is 38.3 Å². The minimum absolute atomic E-state index is 0.0303. The molecule has 0 saturated carbocycles. The normalized spacial score (nSPS) is 12.0. The van der Waals surface area contributed by atoms with Gasteiger partial charge in [-0.1, -0.05) is 29.8 Å². The topological polar surface area (TPSA) is 62.2 Å². The van der Waals surface area contributed by atoms with Crippen LogP contribution < -0.4 is 5.32 Å². The van der Waals surface area contributed by atoms with Gasteiger partial charge in [0, 0.05) is 30.6 Å². The first-order chi connectivity index (χ1) is 10.6. The summed E-state index contributed by atoms with van der Waals surface area (Å²) in [4.78, 5) is 16.4. The molecule has 0 aliphatic carbocycles. The van der Waals surface area contributed by atoms with Crippen LogP contribution in [0.15, 0.2) is 42.7 Å². The van der Waals surface area contributed by atoms with E-state index < -0.39 is 0 Å². The molecule has 0 spiro atoms. The molecule has 2 aromatic rings. The quantitative estimate of drug-likeness (QED) is 0.862. The van der Waals surface area contributed by atoms with Gasteiger partial charge >= 0.3 is 0 Å². The molecule has 0 aliphatic heterocycles. The van der Waals surface area contributed by atoms with Crippen LogP contribution >= 0.6 is 0 Å². The lowest BCUT2D eigenvalue weighted by Gasteiger charge is -2.13. The highest BCUT2D eigenvalue weighted by Crippen LogP contribution is 2.20. The van der Waals surface area contributed by atoms with Crippen molar-refractivity contribution >= 4 is 5.91 Å². The Morgan fingerprint density at radius 2 is 1.95 bits per heavy atom. The number of hydrogen-bond acceptors (Lipinski definition) is 3. The number of rotatable bonds is 6. The summed E-state index contributed by atoms with van der Waals surface area (Å²) in [5, 5.41) is 11.8. The second-order valence-corrected chi connectivity index (χ2v) is 5.57. The standard InChI is InChI=1S/C18H22N2O2/c1-13-5-7-15(8-6-13)16-10-17(12-19-11-16)18(22)20-14(2)4-3-9-21/h5-8,10-12,14,21H,3-4,9H2,1-2H3,(H,20,22). The van der Waals surface area contributed by atoms with Gasteiger partial charge in [0.25, 0.3) is 5.91 Å². The van der Waals surface area contributed by atoms with Crippen molar-refractivity contribution < 1.29 is 9.90 Å². The number of aryl methyl sites for hydroxylation is 1. The lowest BCUT2D eigenvalue weighted by Crippen LogP contribution is -2.32. The second-order valence-electron chi connectivity index (χ2n) is 5.57. The summed E-state index contributed by atoms with van der Waals surface area (Å²) in [6, 6.07) is 10.0. The highest BCUT2D eigenvalue weighted by molar-refractivity contribution is 5.95. The zero-order valence-corrected chi connectivity index (χ0v) is 13.0. The van der Waals surface area contributed by atoms with E-state index >= 15 is 0 Å². The average Bonchev–Trinajstić information content (AvgIpc) is 2.53. The molecule has 2 rings (SSSR count). The van der Waals surface area contributed by atoms with Crippen molar-refractivity contribution in [3.63, 3.8) is 0 Å². The zero-order valence-electron chi connectivity index (χ0n) is 13.0. The molecule has 0 saturated heterocycles. The molecule has 4 heteroatoms. The van der Waals surface area contributed by atoms with Crippen LogP contribution in [0.5, 0.6) is 0 Å². The fourth-order valence-electron chi connectivity index (χ4n) is 2.24. The zero-order chi connectivity index (χ0) is 15.9. The molecular formula is C18H22N2O2. The number of benzene rings is 1. The van der Waals surface area contributed by atoms with Crippen LogP contribution in [-0.4, -0.2) is 28.6 Å². The summed E-state index contributed by atoms with van der Waals surface area (Å²) >= 11 is 0. The third-order valence-electron chi connectivity index (χ3n) is 3.56. The Labute approximate surface area is 131 Å². The minimum Gasteiger partial charge on any atom is -0.396 e. The van der Waals surface area contributed by atoms with Crippen molar-refractivity contribution in [1.82, 2.24) is 10.3 Å². The van der Waals surface area contributed by atoms with Gasteiger partial charge in [-0.25, -0.2) is 0 Å². The first-order valence-corrected chi connectivity index (χ1v) is 7.54. The summed E-state index contributed by atoms with van der Waals surface area (Å²) in [7, 11) is 0. The fraction of sp³-hybridized carbons (Fsp3) is 0.333. The van der Waals surface area contributed by atoms with Crippen molar-refractivity contribution in [1.29, 1.82) is 0 Å². The van der Waals surface area contributed by atoms with Gasteiger partial charge in [0.2, 0.25) is 0 Å². The molecule has 116 valence electrons. The molecule has 1 aromatic carbocycles. The van der Waals surface area contributed by atoms with Gasteiger partial charge in [-0.2, -0.15) is 0 Å². The molecule has 1 heterocycles. The monoisotopic (exact) mass is 298 g/mol. The molecule has 22 heavy (non-hydrogen) atoms. The van der Waals surface area contributed by atoms with Crippen LogP contribution in [-0.2, 0) is 0 Å². The van der Waals surface area contributed by atoms with Crippen molar-refractivity contribution in [3.8, 4) is 11.1 Å². The van der Waals surface area contributed by atoms with E-state index in [1.165, 1.54) is 5.56 Å². The van der Waals surface area contributed by atoms with Gasteiger partial charge in [0.15, 0.2) is 0 Å². The van der Waals surface area contributed by atoms with Crippen LogP contribution in [0, 0.1) is 6.92 Å². The number of nitrogens with one attached hydrogen (secondary N) is 1. The third kappa shape index (κ3) is 4.40. The van der Waals surface area contributed by atoms with E-state index in [4.69, 9.17) is 5.11 Å². The molecule has 2 N–H and O–H groups in total. The number of carbonyl (C=O) groups is 1. The summed E-state index contributed by atoms with van der Waals surface area (Å²) in [6.45, 7) is 4.12. The third-order valence-corrected chi connectivity index (χ3v) is 3.56. The van der Waals surface area contributed by atoms with Crippen molar-refractivity contribution in [2.45, 2.75) is 32.7 Å². The highest BCUT2D eigenvalue weighted by atomic mass is 16.3. The smallest absolute Gasteiger partial charge is 0.253 e. The van der Waals surface area contributed by atoms with Crippen LogP contribution in [0.3, 0.4) is 0 Å². The molecule has 0 radical (unpaired) electrons. The van der Waals surface area contributed by atoms with Gasteiger partial charge in [0.05, 0.1) is 5.56 Å². The van der Waals surface area contributed by atoms with E-state index in [9.17, 15) is 4.79 Å². The largest absolute Gasteiger partial charge is 0.396 e. The number of aliphatic hydroxyl groups is 1. The van der Waals surface area contributed by atoms with Crippen molar-refractivity contribution in [2.24, 2.45) is 0 Å². The van der Waals surface area contributed by atoms with E-state index in [2.05, 4.69) is 10.3 Å². The van der Waals surface area contributed by atoms with Crippen molar-refractivity contribution in [2.75, 3.05) is 6.61 Å². The summed E-state index contributed by atoms with van der Waals surface area (Å²) in [6.07, 6.45) is 4.78. The average molecular weight is 298 g/mol. The minimum atomic E-state index is -0.132. The Morgan fingerprint density at radius 3 is 2.64 bits per heavy atom. The Bertz CT molecular complexity index is 623. The van der Waals surface area contributed by atoms with Gasteiger partial charge in [-0.3, -0.25) is 9.78 Å². The number of aliphatic hydroxyl groups excluding tert-OH is 1. The van der Waals surface area contributed by atoms with E-state index in [0.717, 1.165) is 17.5 Å². The summed E-state index contributed by atoms with van der Waals surface area (Å²) in [5.74, 6) is -0.132. The molecule has 1 atom stereocenters.